The monoisotopic (exact) mass is 279 g/mol. The number of ether oxygens (including phenoxy) is 1. The Labute approximate surface area is 108 Å². The van der Waals surface area contributed by atoms with Gasteiger partial charge in [0.15, 0.2) is 9.84 Å². The third-order valence-electron chi connectivity index (χ3n) is 2.42. The van der Waals surface area contributed by atoms with Crippen LogP contribution in [0.2, 0.25) is 0 Å². The molecule has 0 aromatic rings. The largest absolute Gasteiger partial charge is 0.465 e. The number of rotatable bonds is 7. The Bertz CT molecular complexity index is 390. The number of amides is 1. The fourth-order valence-electron chi connectivity index (χ4n) is 1.34. The summed E-state index contributed by atoms with van der Waals surface area (Å²) in [5.41, 5.74) is 0. The number of hydrogen-bond acceptors (Lipinski definition) is 5. The second kappa shape index (κ2) is 7.35. The van der Waals surface area contributed by atoms with Gasteiger partial charge in [-0.3, -0.25) is 9.59 Å². The fourth-order valence-corrected chi connectivity index (χ4v) is 1.86. The predicted octanol–water partition coefficient (Wildman–Crippen LogP) is 0.221. The van der Waals surface area contributed by atoms with Gasteiger partial charge in [0, 0.05) is 12.8 Å². The molecule has 0 rings (SSSR count). The van der Waals surface area contributed by atoms with E-state index in [1.54, 1.807) is 6.92 Å². The van der Waals surface area contributed by atoms with E-state index >= 15 is 0 Å². The third kappa shape index (κ3) is 5.48. The summed E-state index contributed by atoms with van der Waals surface area (Å²) in [6, 6.07) is 0. The zero-order valence-electron chi connectivity index (χ0n) is 11.3. The molecule has 0 aromatic carbocycles. The van der Waals surface area contributed by atoms with E-state index in [0.29, 0.717) is 13.0 Å². The highest BCUT2D eigenvalue weighted by Gasteiger charge is 2.29. The van der Waals surface area contributed by atoms with Crippen molar-refractivity contribution in [1.82, 2.24) is 4.90 Å². The van der Waals surface area contributed by atoms with Gasteiger partial charge in [-0.2, -0.15) is 0 Å². The minimum Gasteiger partial charge on any atom is -0.465 e. The summed E-state index contributed by atoms with van der Waals surface area (Å²) in [5.74, 6) is -1.09. The molecule has 0 radical (unpaired) electrons. The summed E-state index contributed by atoms with van der Waals surface area (Å²) in [4.78, 5) is 24.5. The van der Waals surface area contributed by atoms with Gasteiger partial charge in [-0.1, -0.05) is 6.92 Å². The Morgan fingerprint density at radius 3 is 2.22 bits per heavy atom. The van der Waals surface area contributed by atoms with Gasteiger partial charge >= 0.3 is 5.97 Å². The van der Waals surface area contributed by atoms with Crippen LogP contribution in [0.25, 0.3) is 0 Å². The Kier molecular flexibility index (Phi) is 6.90. The van der Waals surface area contributed by atoms with Crippen LogP contribution in [0, 0.1) is 0 Å². The number of hydrogen-bond donors (Lipinski definition) is 0. The minimum absolute atomic E-state index is 0.208. The minimum atomic E-state index is -3.46. The number of nitrogens with zero attached hydrogens (tertiary/aromatic N) is 1. The SMILES string of the molecule is CCCN(CC(=O)OCC)C(=O)C(C)S(C)(=O)=O. The van der Waals surface area contributed by atoms with E-state index in [2.05, 4.69) is 0 Å². The van der Waals surface area contributed by atoms with E-state index in [-0.39, 0.29) is 13.2 Å². The van der Waals surface area contributed by atoms with E-state index in [1.807, 2.05) is 6.92 Å². The first-order valence-electron chi connectivity index (χ1n) is 5.87. The molecule has 0 aliphatic heterocycles. The van der Waals surface area contributed by atoms with Crippen molar-refractivity contribution in [2.24, 2.45) is 0 Å². The molecule has 106 valence electrons. The molecule has 0 N–H and O–H groups in total. The number of carbonyl (C=O) groups excluding carboxylic acids is 2. The Balaban J connectivity index is 4.79. The van der Waals surface area contributed by atoms with Crippen LogP contribution < -0.4 is 0 Å². The van der Waals surface area contributed by atoms with Gasteiger partial charge in [-0.15, -0.1) is 0 Å². The molecule has 0 bridgehead atoms. The van der Waals surface area contributed by atoms with E-state index in [9.17, 15) is 18.0 Å². The summed E-state index contributed by atoms with van der Waals surface area (Å²) in [6.07, 6.45) is 1.64. The summed E-state index contributed by atoms with van der Waals surface area (Å²) in [6.45, 7) is 5.19. The molecular weight excluding hydrogens is 258 g/mol. The van der Waals surface area contributed by atoms with Crippen molar-refractivity contribution in [3.63, 3.8) is 0 Å². The van der Waals surface area contributed by atoms with Crippen LogP contribution in [0.3, 0.4) is 0 Å². The van der Waals surface area contributed by atoms with Gasteiger partial charge in [-0.25, -0.2) is 8.42 Å². The van der Waals surface area contributed by atoms with Crippen molar-refractivity contribution in [2.75, 3.05) is 26.0 Å². The normalized spacial score (nSPS) is 12.9. The van der Waals surface area contributed by atoms with Crippen LogP contribution in [0.15, 0.2) is 0 Å². The summed E-state index contributed by atoms with van der Waals surface area (Å²) in [7, 11) is -3.46. The lowest BCUT2D eigenvalue weighted by atomic mass is 10.3. The maximum Gasteiger partial charge on any atom is 0.325 e. The molecule has 7 heteroatoms. The first-order chi connectivity index (χ1) is 8.23. The zero-order valence-corrected chi connectivity index (χ0v) is 12.1. The molecule has 0 heterocycles. The van der Waals surface area contributed by atoms with Gasteiger partial charge in [-0.05, 0) is 20.3 Å². The van der Waals surface area contributed by atoms with Crippen molar-refractivity contribution in [3.8, 4) is 0 Å². The van der Waals surface area contributed by atoms with Crippen molar-refractivity contribution in [3.05, 3.63) is 0 Å². The predicted molar refractivity (Wildman–Crippen MR) is 67.8 cm³/mol. The zero-order chi connectivity index (χ0) is 14.3. The standard InChI is InChI=1S/C11H21NO5S/c1-5-7-12(8-10(13)17-6-2)11(14)9(3)18(4,15)16/h9H,5-8H2,1-4H3. The topological polar surface area (TPSA) is 80.8 Å². The molecule has 1 amide bonds. The molecule has 0 aliphatic carbocycles. The van der Waals surface area contributed by atoms with E-state index < -0.39 is 27.0 Å². The highest BCUT2D eigenvalue weighted by molar-refractivity contribution is 7.92. The quantitative estimate of drug-likeness (QED) is 0.623. The van der Waals surface area contributed by atoms with Crippen LogP contribution in [-0.4, -0.2) is 56.4 Å². The third-order valence-corrected chi connectivity index (χ3v) is 3.91. The fraction of sp³-hybridized carbons (Fsp3) is 0.818. The molecule has 1 unspecified atom stereocenters. The number of carbonyl (C=O) groups is 2. The lowest BCUT2D eigenvalue weighted by Gasteiger charge is -2.23. The van der Waals surface area contributed by atoms with Gasteiger partial charge in [0.1, 0.15) is 11.8 Å². The number of esters is 1. The van der Waals surface area contributed by atoms with E-state index in [0.717, 1.165) is 6.26 Å². The highest BCUT2D eigenvalue weighted by Crippen LogP contribution is 2.05. The summed E-state index contributed by atoms with van der Waals surface area (Å²) < 4.78 is 27.4. The van der Waals surface area contributed by atoms with Gasteiger partial charge < -0.3 is 9.64 Å². The first kappa shape index (κ1) is 16.9. The van der Waals surface area contributed by atoms with Crippen LogP contribution >= 0.6 is 0 Å². The average molecular weight is 279 g/mol. The summed E-state index contributed by atoms with van der Waals surface area (Å²) >= 11 is 0. The van der Waals surface area contributed by atoms with Crippen molar-refractivity contribution >= 4 is 21.7 Å². The van der Waals surface area contributed by atoms with Crippen LogP contribution in [0.4, 0.5) is 0 Å². The molecule has 0 saturated carbocycles. The molecule has 18 heavy (non-hydrogen) atoms. The van der Waals surface area contributed by atoms with Crippen LogP contribution in [0.1, 0.15) is 27.2 Å². The maximum atomic E-state index is 12.0. The van der Waals surface area contributed by atoms with Crippen LogP contribution in [-0.2, 0) is 24.2 Å². The highest BCUT2D eigenvalue weighted by atomic mass is 32.2. The first-order valence-corrected chi connectivity index (χ1v) is 7.82. The lowest BCUT2D eigenvalue weighted by molar-refractivity contribution is -0.148. The molecule has 1 atom stereocenters. The summed E-state index contributed by atoms with van der Waals surface area (Å²) in [5, 5.41) is -1.14. The van der Waals surface area contributed by atoms with E-state index in [1.165, 1.54) is 11.8 Å². The lowest BCUT2D eigenvalue weighted by Crippen LogP contribution is -2.44. The Morgan fingerprint density at radius 2 is 1.83 bits per heavy atom. The number of sulfone groups is 1. The Morgan fingerprint density at radius 1 is 1.28 bits per heavy atom. The molecule has 0 fully saturated rings. The molecule has 0 spiro atoms. The van der Waals surface area contributed by atoms with Gasteiger partial charge in [0.05, 0.1) is 6.61 Å². The second-order valence-electron chi connectivity index (χ2n) is 4.04. The average Bonchev–Trinajstić information content (AvgIpc) is 2.25. The van der Waals surface area contributed by atoms with Crippen molar-refractivity contribution in [2.45, 2.75) is 32.4 Å². The van der Waals surface area contributed by atoms with E-state index in [4.69, 9.17) is 4.74 Å². The smallest absolute Gasteiger partial charge is 0.325 e. The second-order valence-corrected chi connectivity index (χ2v) is 6.40. The molecule has 0 aliphatic rings. The molecule has 0 aromatic heterocycles. The molecule has 6 nitrogen and oxygen atoms in total. The van der Waals surface area contributed by atoms with Crippen LogP contribution in [0.5, 0.6) is 0 Å². The van der Waals surface area contributed by atoms with Gasteiger partial charge in [0.25, 0.3) is 0 Å². The Hall–Kier alpha value is -1.11. The molecule has 0 saturated heterocycles. The molecular formula is C11H21NO5S. The van der Waals surface area contributed by atoms with Crippen molar-refractivity contribution in [1.29, 1.82) is 0 Å². The maximum absolute atomic E-state index is 12.0. The van der Waals surface area contributed by atoms with Crippen molar-refractivity contribution < 1.29 is 22.7 Å². The van der Waals surface area contributed by atoms with Gasteiger partial charge in [0.2, 0.25) is 5.91 Å².